The van der Waals surface area contributed by atoms with Crippen molar-refractivity contribution in [1.29, 1.82) is 0 Å². The summed E-state index contributed by atoms with van der Waals surface area (Å²) in [6.45, 7) is 7.91. The molecule has 0 radical (unpaired) electrons. The molecule has 0 spiro atoms. The molecule has 1 heterocycles. The number of nitrogens with zero attached hydrogens (tertiary/aromatic N) is 3. The lowest BCUT2D eigenvalue weighted by Gasteiger charge is -2.31. The van der Waals surface area contributed by atoms with Crippen LogP contribution in [0.15, 0.2) is 22.3 Å². The van der Waals surface area contributed by atoms with Crippen LogP contribution in [0.25, 0.3) is 0 Å². The molecular formula is C17H24F2N4O2S. The molecule has 6 nitrogen and oxygen atoms in total. The molecule has 2 rings (SSSR count). The van der Waals surface area contributed by atoms with Gasteiger partial charge in [0.05, 0.1) is 5.88 Å². The Bertz CT molecular complexity index is 641. The van der Waals surface area contributed by atoms with Crippen molar-refractivity contribution in [2.24, 2.45) is 10.2 Å². The summed E-state index contributed by atoms with van der Waals surface area (Å²) in [6, 6.07) is 3.86. The van der Waals surface area contributed by atoms with Gasteiger partial charge in [-0.2, -0.15) is 5.10 Å². The number of benzene rings is 1. The van der Waals surface area contributed by atoms with Gasteiger partial charge >= 0.3 is 0 Å². The van der Waals surface area contributed by atoms with E-state index in [-0.39, 0.29) is 12.3 Å². The fraction of sp³-hybridized carbons (Fsp3) is 0.471. The Hall–Kier alpha value is -2.16. The third-order valence-corrected chi connectivity index (χ3v) is 4.61. The fourth-order valence-corrected chi connectivity index (χ4v) is 3.35. The molecule has 2 N–H and O–H groups in total. The predicted octanol–water partition coefficient (Wildman–Crippen LogP) is 3.85. The SMILES string of the molecule is C=N/N=C(/C(F)F)N(CSCC)c1ccc(C)c2c1CCCN2.O=CO. The van der Waals surface area contributed by atoms with Crippen molar-refractivity contribution < 1.29 is 18.7 Å². The molecule has 0 atom stereocenters. The Morgan fingerprint density at radius 3 is 2.81 bits per heavy atom. The molecule has 0 unspecified atom stereocenters. The molecule has 0 bridgehead atoms. The van der Waals surface area contributed by atoms with E-state index in [1.54, 1.807) is 16.7 Å². The molecule has 144 valence electrons. The number of hydrogen-bond acceptors (Lipinski definition) is 5. The molecule has 0 aromatic heterocycles. The lowest BCUT2D eigenvalue weighted by Crippen LogP contribution is -2.37. The first kappa shape index (κ1) is 21.9. The molecule has 1 aliphatic rings. The second-order valence-electron chi connectivity index (χ2n) is 5.34. The van der Waals surface area contributed by atoms with Crippen LogP contribution in [0.2, 0.25) is 0 Å². The highest BCUT2D eigenvalue weighted by Gasteiger charge is 2.27. The summed E-state index contributed by atoms with van der Waals surface area (Å²) in [4.78, 5) is 9.93. The Morgan fingerprint density at radius 2 is 2.23 bits per heavy atom. The minimum absolute atomic E-state index is 0.250. The fourth-order valence-electron chi connectivity index (χ4n) is 2.71. The zero-order valence-electron chi connectivity index (χ0n) is 14.9. The number of hydrogen-bond donors (Lipinski definition) is 2. The molecular weight excluding hydrogens is 362 g/mol. The number of carboxylic acid groups (broad SMARTS) is 1. The summed E-state index contributed by atoms with van der Waals surface area (Å²) in [7, 11) is 0. The molecule has 1 aromatic carbocycles. The van der Waals surface area contributed by atoms with E-state index in [0.717, 1.165) is 47.6 Å². The van der Waals surface area contributed by atoms with Crippen molar-refractivity contribution in [2.75, 3.05) is 28.4 Å². The van der Waals surface area contributed by atoms with Crippen LogP contribution in [0.1, 0.15) is 24.5 Å². The number of aryl methyl sites for hydroxylation is 1. The highest BCUT2D eigenvalue weighted by atomic mass is 32.2. The van der Waals surface area contributed by atoms with Gasteiger partial charge in [0, 0.05) is 24.6 Å². The maximum absolute atomic E-state index is 13.5. The minimum atomic E-state index is -2.70. The van der Waals surface area contributed by atoms with Crippen LogP contribution >= 0.6 is 11.8 Å². The van der Waals surface area contributed by atoms with Gasteiger partial charge in [-0.15, -0.1) is 16.9 Å². The molecule has 0 saturated heterocycles. The number of anilines is 2. The lowest BCUT2D eigenvalue weighted by atomic mass is 9.97. The van der Waals surface area contributed by atoms with E-state index in [1.807, 2.05) is 26.0 Å². The normalized spacial score (nSPS) is 13.2. The molecule has 1 aliphatic heterocycles. The Balaban J connectivity index is 0.00000105. The van der Waals surface area contributed by atoms with E-state index in [4.69, 9.17) is 9.90 Å². The van der Waals surface area contributed by atoms with Crippen LogP contribution < -0.4 is 10.2 Å². The highest BCUT2D eigenvalue weighted by Crippen LogP contribution is 2.35. The van der Waals surface area contributed by atoms with Gasteiger partial charge < -0.3 is 15.3 Å². The smallest absolute Gasteiger partial charge is 0.297 e. The maximum Gasteiger partial charge on any atom is 0.297 e. The van der Waals surface area contributed by atoms with Gasteiger partial charge in [-0.05, 0) is 42.7 Å². The molecule has 0 saturated carbocycles. The second kappa shape index (κ2) is 11.5. The van der Waals surface area contributed by atoms with E-state index in [9.17, 15) is 8.78 Å². The van der Waals surface area contributed by atoms with Gasteiger partial charge in [0.25, 0.3) is 12.9 Å². The quantitative estimate of drug-likeness (QED) is 0.255. The van der Waals surface area contributed by atoms with Crippen molar-refractivity contribution in [2.45, 2.75) is 33.1 Å². The van der Waals surface area contributed by atoms with Gasteiger partial charge in [-0.25, -0.2) is 8.78 Å². The predicted molar refractivity (Wildman–Crippen MR) is 105 cm³/mol. The van der Waals surface area contributed by atoms with Gasteiger partial charge in [0.2, 0.25) is 0 Å². The molecule has 26 heavy (non-hydrogen) atoms. The molecule has 0 fully saturated rings. The lowest BCUT2D eigenvalue weighted by molar-refractivity contribution is -0.122. The molecule has 1 aromatic rings. The number of halogens is 2. The number of rotatable bonds is 6. The first-order valence-electron chi connectivity index (χ1n) is 8.12. The first-order valence-corrected chi connectivity index (χ1v) is 9.28. The van der Waals surface area contributed by atoms with Crippen LogP contribution in [-0.4, -0.2) is 48.7 Å². The zero-order chi connectivity index (χ0) is 19.5. The number of amidine groups is 1. The minimum Gasteiger partial charge on any atom is -0.483 e. The van der Waals surface area contributed by atoms with Crippen LogP contribution in [0, 0.1) is 6.92 Å². The van der Waals surface area contributed by atoms with Crippen LogP contribution in [-0.2, 0) is 11.2 Å². The van der Waals surface area contributed by atoms with E-state index in [1.165, 1.54) is 0 Å². The summed E-state index contributed by atoms with van der Waals surface area (Å²) >= 11 is 1.57. The van der Waals surface area contributed by atoms with Crippen LogP contribution in [0.4, 0.5) is 20.2 Å². The standard InChI is InChI=1S/C16H22F2N4S.CH2O2/c1-4-23-10-22(16(15(17)18)21-19-3)13-8-7-11(2)14-12(13)6-5-9-20-14;2-1-3/h7-8,15,20H,3-6,9-10H2,1-2H3;1H,(H,2,3)/b21-16-;. The van der Waals surface area contributed by atoms with Crippen molar-refractivity contribution in [1.82, 2.24) is 0 Å². The van der Waals surface area contributed by atoms with Crippen LogP contribution in [0.5, 0.6) is 0 Å². The molecule has 9 heteroatoms. The van der Waals surface area contributed by atoms with Crippen molar-refractivity contribution in [3.05, 3.63) is 23.3 Å². The summed E-state index contributed by atoms with van der Waals surface area (Å²) in [5.41, 5.74) is 4.04. The highest BCUT2D eigenvalue weighted by molar-refractivity contribution is 7.99. The van der Waals surface area contributed by atoms with Crippen molar-refractivity contribution in [3.63, 3.8) is 0 Å². The number of fused-ring (bicyclic) bond motifs is 1. The van der Waals surface area contributed by atoms with Crippen LogP contribution in [0.3, 0.4) is 0 Å². The summed E-state index contributed by atoms with van der Waals surface area (Å²) in [5.74, 6) is 0.892. The second-order valence-corrected chi connectivity index (χ2v) is 6.58. The molecule has 0 aliphatic carbocycles. The van der Waals surface area contributed by atoms with Gasteiger partial charge in [-0.3, -0.25) is 4.79 Å². The Kier molecular flexibility index (Phi) is 9.64. The van der Waals surface area contributed by atoms with Crippen molar-refractivity contribution in [3.8, 4) is 0 Å². The summed E-state index contributed by atoms with van der Waals surface area (Å²) in [5, 5.41) is 17.2. The van der Waals surface area contributed by atoms with Gasteiger partial charge in [-0.1, -0.05) is 13.0 Å². The van der Waals surface area contributed by atoms with E-state index >= 15 is 0 Å². The Morgan fingerprint density at radius 1 is 1.54 bits per heavy atom. The summed E-state index contributed by atoms with van der Waals surface area (Å²) < 4.78 is 27.0. The van der Waals surface area contributed by atoms with Crippen molar-refractivity contribution >= 4 is 42.2 Å². The third-order valence-electron chi connectivity index (χ3n) is 3.76. The molecule has 0 amide bonds. The third kappa shape index (κ3) is 5.69. The van der Waals surface area contributed by atoms with E-state index in [2.05, 4.69) is 22.2 Å². The largest absolute Gasteiger partial charge is 0.483 e. The van der Waals surface area contributed by atoms with E-state index < -0.39 is 6.43 Å². The average Bonchev–Trinajstić information content (AvgIpc) is 2.63. The number of thioether (sulfide) groups is 1. The van der Waals surface area contributed by atoms with Gasteiger partial charge in [0.1, 0.15) is 0 Å². The maximum atomic E-state index is 13.5. The zero-order valence-corrected chi connectivity index (χ0v) is 15.7. The van der Waals surface area contributed by atoms with Gasteiger partial charge in [0.15, 0.2) is 5.84 Å². The number of carbonyl (C=O) groups is 1. The average molecular weight is 386 g/mol. The topological polar surface area (TPSA) is 77.3 Å². The number of alkyl halides is 2. The summed E-state index contributed by atoms with van der Waals surface area (Å²) in [6.07, 6.45) is -0.851. The van der Waals surface area contributed by atoms with E-state index in [0.29, 0.717) is 5.88 Å². The Labute approximate surface area is 156 Å². The monoisotopic (exact) mass is 386 g/mol. The first-order chi connectivity index (χ1) is 12.5. The number of nitrogens with one attached hydrogen (secondary N) is 1.